The SMILES string of the molecule is COCC(=O)Nc1cc(S(=O)(=O)N2CCOCC2)ccc1N1CCCCC1. The Hall–Kier alpha value is -1.68. The van der Waals surface area contributed by atoms with Crippen molar-refractivity contribution in [3.8, 4) is 0 Å². The zero-order valence-corrected chi connectivity index (χ0v) is 16.5. The molecule has 1 aromatic rings. The van der Waals surface area contributed by atoms with E-state index in [0.717, 1.165) is 31.6 Å². The highest BCUT2D eigenvalue weighted by Gasteiger charge is 2.28. The molecule has 8 nitrogen and oxygen atoms in total. The molecule has 0 spiro atoms. The van der Waals surface area contributed by atoms with Crippen LogP contribution in [-0.2, 0) is 24.3 Å². The first kappa shape index (κ1) is 20.1. The average Bonchev–Trinajstić information content (AvgIpc) is 2.69. The molecule has 1 N–H and O–H groups in total. The highest BCUT2D eigenvalue weighted by atomic mass is 32.2. The van der Waals surface area contributed by atoms with Crippen molar-refractivity contribution in [3.63, 3.8) is 0 Å². The molecule has 0 atom stereocenters. The Morgan fingerprint density at radius 1 is 1.15 bits per heavy atom. The van der Waals surface area contributed by atoms with Gasteiger partial charge in [-0.1, -0.05) is 0 Å². The highest BCUT2D eigenvalue weighted by Crippen LogP contribution is 2.32. The number of hydrogen-bond acceptors (Lipinski definition) is 6. The fourth-order valence-electron chi connectivity index (χ4n) is 3.44. The van der Waals surface area contributed by atoms with Gasteiger partial charge in [-0.05, 0) is 37.5 Å². The van der Waals surface area contributed by atoms with E-state index in [9.17, 15) is 13.2 Å². The molecular weight excluding hydrogens is 370 g/mol. The van der Waals surface area contributed by atoms with E-state index in [1.807, 2.05) is 0 Å². The molecule has 0 aromatic heterocycles. The van der Waals surface area contributed by atoms with Crippen molar-refractivity contribution in [2.24, 2.45) is 0 Å². The summed E-state index contributed by atoms with van der Waals surface area (Å²) in [7, 11) is -2.18. The molecule has 0 aliphatic carbocycles. The van der Waals surface area contributed by atoms with Gasteiger partial charge in [-0.25, -0.2) is 8.42 Å². The van der Waals surface area contributed by atoms with Gasteiger partial charge in [0.05, 0.1) is 29.5 Å². The summed E-state index contributed by atoms with van der Waals surface area (Å²) in [6.45, 7) is 3.15. The zero-order chi connectivity index (χ0) is 19.3. The van der Waals surface area contributed by atoms with Crippen LogP contribution in [0.5, 0.6) is 0 Å². The number of rotatable bonds is 6. The number of nitrogens with one attached hydrogen (secondary N) is 1. The van der Waals surface area contributed by atoms with Crippen LogP contribution in [-0.4, -0.2) is 71.7 Å². The second-order valence-corrected chi connectivity index (χ2v) is 8.66. The predicted octanol–water partition coefficient (Wildman–Crippen LogP) is 1.28. The van der Waals surface area contributed by atoms with Crippen LogP contribution in [0.2, 0.25) is 0 Å². The smallest absolute Gasteiger partial charge is 0.250 e. The molecule has 2 saturated heterocycles. The van der Waals surface area contributed by atoms with Gasteiger partial charge < -0.3 is 19.7 Å². The largest absolute Gasteiger partial charge is 0.379 e. The van der Waals surface area contributed by atoms with Gasteiger partial charge in [0, 0.05) is 33.3 Å². The van der Waals surface area contributed by atoms with Crippen molar-refractivity contribution >= 4 is 27.3 Å². The first-order valence-corrected chi connectivity index (χ1v) is 10.7. The minimum atomic E-state index is -3.63. The molecule has 0 saturated carbocycles. The lowest BCUT2D eigenvalue weighted by Crippen LogP contribution is -2.40. The van der Waals surface area contributed by atoms with Crippen LogP contribution >= 0.6 is 0 Å². The molecular formula is C18H27N3O5S. The number of morpholine rings is 1. The van der Waals surface area contributed by atoms with E-state index < -0.39 is 10.0 Å². The summed E-state index contributed by atoms with van der Waals surface area (Å²) < 4.78 is 37.5. The fourth-order valence-corrected chi connectivity index (χ4v) is 4.87. The topological polar surface area (TPSA) is 88.2 Å². The first-order chi connectivity index (χ1) is 13.0. The van der Waals surface area contributed by atoms with Crippen LogP contribution < -0.4 is 10.2 Å². The average molecular weight is 397 g/mol. The Bertz CT molecular complexity index is 756. The Morgan fingerprint density at radius 3 is 2.52 bits per heavy atom. The van der Waals surface area contributed by atoms with Crippen molar-refractivity contribution in [2.75, 3.05) is 63.3 Å². The maximum absolute atomic E-state index is 13.0. The second kappa shape index (κ2) is 9.01. The van der Waals surface area contributed by atoms with Gasteiger partial charge in [-0.2, -0.15) is 4.31 Å². The Kier molecular flexibility index (Phi) is 6.69. The molecule has 27 heavy (non-hydrogen) atoms. The minimum absolute atomic E-state index is 0.0835. The summed E-state index contributed by atoms with van der Waals surface area (Å²) in [6.07, 6.45) is 3.35. The van der Waals surface area contributed by atoms with E-state index in [4.69, 9.17) is 9.47 Å². The van der Waals surface area contributed by atoms with E-state index in [-0.39, 0.29) is 17.4 Å². The quantitative estimate of drug-likeness (QED) is 0.778. The minimum Gasteiger partial charge on any atom is -0.379 e. The number of anilines is 2. The lowest BCUT2D eigenvalue weighted by molar-refractivity contribution is -0.119. The van der Waals surface area contributed by atoms with Gasteiger partial charge in [-0.15, -0.1) is 0 Å². The molecule has 9 heteroatoms. The molecule has 0 radical (unpaired) electrons. The van der Waals surface area contributed by atoms with Gasteiger partial charge >= 0.3 is 0 Å². The summed E-state index contributed by atoms with van der Waals surface area (Å²) in [5.74, 6) is -0.309. The lowest BCUT2D eigenvalue weighted by atomic mass is 10.1. The van der Waals surface area contributed by atoms with Crippen molar-refractivity contribution in [3.05, 3.63) is 18.2 Å². The van der Waals surface area contributed by atoms with E-state index in [1.54, 1.807) is 18.2 Å². The van der Waals surface area contributed by atoms with Crippen LogP contribution in [0.25, 0.3) is 0 Å². The van der Waals surface area contributed by atoms with Gasteiger partial charge in [-0.3, -0.25) is 4.79 Å². The van der Waals surface area contributed by atoms with Crippen LogP contribution in [0.4, 0.5) is 11.4 Å². The third kappa shape index (κ3) is 4.78. The van der Waals surface area contributed by atoms with Crippen LogP contribution in [0.3, 0.4) is 0 Å². The number of methoxy groups -OCH3 is 1. The summed E-state index contributed by atoms with van der Waals surface area (Å²) in [4.78, 5) is 14.4. The van der Waals surface area contributed by atoms with Gasteiger partial charge in [0.1, 0.15) is 6.61 Å². The number of carbonyl (C=O) groups excluding carboxylic acids is 1. The van der Waals surface area contributed by atoms with E-state index in [2.05, 4.69) is 10.2 Å². The predicted molar refractivity (Wildman–Crippen MR) is 103 cm³/mol. The van der Waals surface area contributed by atoms with Crippen LogP contribution in [0.15, 0.2) is 23.1 Å². The van der Waals surface area contributed by atoms with Gasteiger partial charge in [0.2, 0.25) is 15.9 Å². The highest BCUT2D eigenvalue weighted by molar-refractivity contribution is 7.89. The number of carbonyl (C=O) groups is 1. The van der Waals surface area contributed by atoms with E-state index in [0.29, 0.717) is 32.0 Å². The third-order valence-electron chi connectivity index (χ3n) is 4.82. The van der Waals surface area contributed by atoms with E-state index >= 15 is 0 Å². The number of amides is 1. The molecule has 1 aromatic carbocycles. The van der Waals surface area contributed by atoms with Crippen LogP contribution in [0, 0.1) is 0 Å². The fraction of sp³-hybridized carbons (Fsp3) is 0.611. The summed E-state index contributed by atoms with van der Waals surface area (Å²) in [5.41, 5.74) is 1.35. The summed E-state index contributed by atoms with van der Waals surface area (Å²) in [6, 6.07) is 4.98. The monoisotopic (exact) mass is 397 g/mol. The van der Waals surface area contributed by atoms with Gasteiger partial charge in [0.25, 0.3) is 0 Å². The number of hydrogen-bond donors (Lipinski definition) is 1. The molecule has 2 aliphatic rings. The van der Waals surface area contributed by atoms with Crippen molar-refractivity contribution in [1.82, 2.24) is 4.31 Å². The molecule has 2 aliphatic heterocycles. The Balaban J connectivity index is 1.92. The van der Waals surface area contributed by atoms with Crippen LogP contribution in [0.1, 0.15) is 19.3 Å². The van der Waals surface area contributed by atoms with E-state index in [1.165, 1.54) is 17.8 Å². The zero-order valence-electron chi connectivity index (χ0n) is 15.6. The standard InChI is InChI=1S/C18H27N3O5S/c1-25-14-18(22)19-16-13-15(27(23,24)21-9-11-26-12-10-21)5-6-17(16)20-7-3-2-4-8-20/h5-6,13H,2-4,7-12,14H2,1H3,(H,19,22). The summed E-state index contributed by atoms with van der Waals surface area (Å²) in [5, 5.41) is 2.81. The first-order valence-electron chi connectivity index (χ1n) is 9.28. The Labute approximate surface area is 160 Å². The van der Waals surface area contributed by atoms with Crippen molar-refractivity contribution in [1.29, 1.82) is 0 Å². The van der Waals surface area contributed by atoms with Gasteiger partial charge in [0.15, 0.2) is 0 Å². The molecule has 2 fully saturated rings. The normalized spacial score (nSPS) is 19.1. The number of benzene rings is 1. The number of sulfonamides is 1. The third-order valence-corrected chi connectivity index (χ3v) is 6.72. The maximum Gasteiger partial charge on any atom is 0.250 e. The molecule has 3 rings (SSSR count). The number of piperidine rings is 1. The summed E-state index contributed by atoms with van der Waals surface area (Å²) >= 11 is 0. The lowest BCUT2D eigenvalue weighted by Gasteiger charge is -2.31. The molecule has 150 valence electrons. The Morgan fingerprint density at radius 2 is 1.85 bits per heavy atom. The second-order valence-electron chi connectivity index (χ2n) is 6.72. The number of nitrogens with zero attached hydrogens (tertiary/aromatic N) is 2. The van der Waals surface area contributed by atoms with Crippen molar-refractivity contribution < 1.29 is 22.7 Å². The molecule has 1 amide bonds. The maximum atomic E-state index is 13.0. The van der Waals surface area contributed by atoms with Crippen molar-refractivity contribution in [2.45, 2.75) is 24.2 Å². The number of ether oxygens (including phenoxy) is 2. The molecule has 0 bridgehead atoms. The molecule has 0 unspecified atom stereocenters. The molecule has 2 heterocycles.